The first-order chi connectivity index (χ1) is 7.00. The fraction of sp³-hybridized carbons (Fsp3) is 0.538. The van der Waals surface area contributed by atoms with E-state index in [0.29, 0.717) is 0 Å². The Labute approximate surface area is 87.6 Å². The highest BCUT2D eigenvalue weighted by Crippen LogP contribution is 2.15. The Morgan fingerprint density at radius 3 is 1.21 bits per heavy atom. The Kier molecular flexibility index (Phi) is 6.83. The number of hydrogen-bond acceptors (Lipinski definition) is 1. The molecular weight excluding hydrogens is 170 g/mol. The van der Waals surface area contributed by atoms with Gasteiger partial charge < -0.3 is 5.32 Å². The van der Waals surface area contributed by atoms with Gasteiger partial charge in [-0.25, -0.2) is 0 Å². The van der Waals surface area contributed by atoms with Crippen LogP contribution < -0.4 is 5.32 Å². The van der Waals surface area contributed by atoms with Gasteiger partial charge in [0, 0.05) is 12.4 Å². The maximum absolute atomic E-state index is 2.92. The van der Waals surface area contributed by atoms with Crippen molar-refractivity contribution in [2.75, 3.05) is 0 Å². The SMILES string of the molecule is C1=CC=CNC=C1.C1CCCCCC1. The van der Waals surface area contributed by atoms with Crippen LogP contribution in [0.4, 0.5) is 0 Å². The standard InChI is InChI=1S/C7H14.C6H7N/c2*1-2-4-6-7-5-3-1/h1-7H2;1-7H. The first-order valence-electron chi connectivity index (χ1n) is 5.74. The van der Waals surface area contributed by atoms with Crippen LogP contribution in [0.5, 0.6) is 0 Å². The first-order valence-corrected chi connectivity index (χ1v) is 5.74. The molecule has 0 radical (unpaired) electrons. The third kappa shape index (κ3) is 6.53. The fourth-order valence-electron chi connectivity index (χ4n) is 1.64. The normalized spacial score (nSPS) is 20.0. The van der Waals surface area contributed by atoms with Gasteiger partial charge in [-0.05, 0) is 12.2 Å². The van der Waals surface area contributed by atoms with Gasteiger partial charge in [0.1, 0.15) is 0 Å². The van der Waals surface area contributed by atoms with Gasteiger partial charge in [0.05, 0.1) is 0 Å². The van der Waals surface area contributed by atoms with Crippen molar-refractivity contribution in [2.24, 2.45) is 0 Å². The highest BCUT2D eigenvalue weighted by Gasteiger charge is 1.95. The maximum Gasteiger partial charge on any atom is 0.000442 e. The summed E-state index contributed by atoms with van der Waals surface area (Å²) in [5.41, 5.74) is 0. The van der Waals surface area contributed by atoms with Crippen molar-refractivity contribution in [1.82, 2.24) is 5.32 Å². The van der Waals surface area contributed by atoms with Gasteiger partial charge in [-0.15, -0.1) is 0 Å². The lowest BCUT2D eigenvalue weighted by atomic mass is 10.2. The Balaban J connectivity index is 0.000000140. The molecule has 1 aliphatic heterocycles. The van der Waals surface area contributed by atoms with Crippen LogP contribution in [-0.4, -0.2) is 0 Å². The lowest BCUT2D eigenvalue weighted by Gasteiger charge is -1.85. The molecule has 78 valence electrons. The zero-order chi connectivity index (χ0) is 9.90. The van der Waals surface area contributed by atoms with Crippen LogP contribution in [0.15, 0.2) is 36.7 Å². The predicted molar refractivity (Wildman–Crippen MR) is 62.9 cm³/mol. The second kappa shape index (κ2) is 8.61. The van der Waals surface area contributed by atoms with E-state index in [1.807, 2.05) is 36.7 Å². The summed E-state index contributed by atoms with van der Waals surface area (Å²) in [6.07, 6.45) is 22.1. The number of rotatable bonds is 0. The van der Waals surface area contributed by atoms with Crippen LogP contribution in [0.2, 0.25) is 0 Å². The molecule has 0 aromatic rings. The molecule has 1 heteroatoms. The molecule has 1 nitrogen and oxygen atoms in total. The van der Waals surface area contributed by atoms with E-state index in [1.165, 1.54) is 44.9 Å². The van der Waals surface area contributed by atoms with Gasteiger partial charge in [0.25, 0.3) is 0 Å². The van der Waals surface area contributed by atoms with Gasteiger partial charge in [0.2, 0.25) is 0 Å². The smallest absolute Gasteiger partial charge is 0.000442 e. The van der Waals surface area contributed by atoms with E-state index < -0.39 is 0 Å². The van der Waals surface area contributed by atoms with E-state index in [1.54, 1.807) is 0 Å². The maximum atomic E-state index is 2.92. The molecule has 1 saturated carbocycles. The molecule has 1 fully saturated rings. The molecule has 0 spiro atoms. The van der Waals surface area contributed by atoms with Crippen LogP contribution in [0, 0.1) is 0 Å². The molecule has 0 amide bonds. The van der Waals surface area contributed by atoms with Crippen molar-refractivity contribution in [1.29, 1.82) is 0 Å². The van der Waals surface area contributed by atoms with Gasteiger partial charge in [-0.3, -0.25) is 0 Å². The third-order valence-corrected chi connectivity index (χ3v) is 2.47. The van der Waals surface area contributed by atoms with Crippen molar-refractivity contribution in [3.05, 3.63) is 36.7 Å². The van der Waals surface area contributed by atoms with Crippen molar-refractivity contribution >= 4 is 0 Å². The molecule has 0 bridgehead atoms. The van der Waals surface area contributed by atoms with E-state index in [2.05, 4.69) is 5.32 Å². The Morgan fingerprint density at radius 2 is 0.857 bits per heavy atom. The van der Waals surface area contributed by atoms with Crippen LogP contribution >= 0.6 is 0 Å². The molecule has 2 aliphatic rings. The Bertz CT molecular complexity index is 168. The zero-order valence-corrected chi connectivity index (χ0v) is 8.91. The lowest BCUT2D eigenvalue weighted by Crippen LogP contribution is -1.87. The lowest BCUT2D eigenvalue weighted by molar-refractivity contribution is 0.702. The van der Waals surface area contributed by atoms with Crippen LogP contribution in [0.1, 0.15) is 44.9 Å². The molecule has 14 heavy (non-hydrogen) atoms. The number of hydrogen-bond donors (Lipinski definition) is 1. The summed E-state index contributed by atoms with van der Waals surface area (Å²) in [5.74, 6) is 0. The van der Waals surface area contributed by atoms with E-state index >= 15 is 0 Å². The van der Waals surface area contributed by atoms with Crippen molar-refractivity contribution in [3.63, 3.8) is 0 Å². The largest absolute Gasteiger partial charge is 0.368 e. The minimum absolute atomic E-state index is 1.50. The topological polar surface area (TPSA) is 12.0 Å². The highest BCUT2D eigenvalue weighted by molar-refractivity contribution is 5.14. The molecular formula is C13H21N. The van der Waals surface area contributed by atoms with Crippen LogP contribution in [0.25, 0.3) is 0 Å². The summed E-state index contributed by atoms with van der Waals surface area (Å²) in [6, 6.07) is 0. The summed E-state index contributed by atoms with van der Waals surface area (Å²) in [6.45, 7) is 0. The summed E-state index contributed by atoms with van der Waals surface area (Å²) < 4.78 is 0. The average Bonchev–Trinajstić information content (AvgIpc) is 2.68. The number of allylic oxidation sites excluding steroid dienone is 4. The van der Waals surface area contributed by atoms with Crippen molar-refractivity contribution in [2.45, 2.75) is 44.9 Å². The van der Waals surface area contributed by atoms with Gasteiger partial charge in [-0.1, -0.05) is 57.1 Å². The Morgan fingerprint density at radius 1 is 0.500 bits per heavy atom. The molecule has 1 heterocycles. The molecule has 2 rings (SSSR count). The zero-order valence-electron chi connectivity index (χ0n) is 8.91. The number of nitrogens with one attached hydrogen (secondary N) is 1. The van der Waals surface area contributed by atoms with E-state index in [9.17, 15) is 0 Å². The van der Waals surface area contributed by atoms with Gasteiger partial charge >= 0.3 is 0 Å². The summed E-state index contributed by atoms with van der Waals surface area (Å²) in [5, 5.41) is 2.92. The molecule has 0 atom stereocenters. The summed E-state index contributed by atoms with van der Waals surface area (Å²) in [4.78, 5) is 0. The molecule has 0 aromatic carbocycles. The molecule has 0 unspecified atom stereocenters. The summed E-state index contributed by atoms with van der Waals surface area (Å²) in [7, 11) is 0. The predicted octanol–water partition coefficient (Wildman–Crippen LogP) is 3.90. The second-order valence-corrected chi connectivity index (χ2v) is 3.74. The van der Waals surface area contributed by atoms with Crippen LogP contribution in [-0.2, 0) is 0 Å². The van der Waals surface area contributed by atoms with E-state index in [-0.39, 0.29) is 0 Å². The van der Waals surface area contributed by atoms with Gasteiger partial charge in [-0.2, -0.15) is 0 Å². The highest BCUT2D eigenvalue weighted by atomic mass is 14.8. The Hall–Kier alpha value is -0.980. The fourth-order valence-corrected chi connectivity index (χ4v) is 1.64. The quantitative estimate of drug-likeness (QED) is 0.572. The van der Waals surface area contributed by atoms with E-state index in [4.69, 9.17) is 0 Å². The van der Waals surface area contributed by atoms with Crippen LogP contribution in [0.3, 0.4) is 0 Å². The molecule has 0 saturated heterocycles. The minimum atomic E-state index is 1.50. The first kappa shape index (κ1) is 11.1. The minimum Gasteiger partial charge on any atom is -0.368 e. The van der Waals surface area contributed by atoms with Gasteiger partial charge in [0.15, 0.2) is 0 Å². The molecule has 1 N–H and O–H groups in total. The summed E-state index contributed by atoms with van der Waals surface area (Å²) >= 11 is 0. The van der Waals surface area contributed by atoms with E-state index in [0.717, 1.165) is 0 Å². The molecule has 0 aromatic heterocycles. The third-order valence-electron chi connectivity index (χ3n) is 2.47. The van der Waals surface area contributed by atoms with Crippen molar-refractivity contribution < 1.29 is 0 Å². The average molecular weight is 191 g/mol. The second-order valence-electron chi connectivity index (χ2n) is 3.74. The monoisotopic (exact) mass is 191 g/mol. The van der Waals surface area contributed by atoms with Crippen molar-refractivity contribution in [3.8, 4) is 0 Å². The molecule has 1 aliphatic carbocycles.